The Labute approximate surface area is 129 Å². The monoisotopic (exact) mass is 333 g/mol. The van der Waals surface area contributed by atoms with E-state index in [4.69, 9.17) is 0 Å². The third-order valence-electron chi connectivity index (χ3n) is 3.27. The van der Waals surface area contributed by atoms with Crippen molar-refractivity contribution in [1.82, 2.24) is 15.3 Å². The van der Waals surface area contributed by atoms with Gasteiger partial charge in [0.2, 0.25) is 0 Å². The summed E-state index contributed by atoms with van der Waals surface area (Å²) in [4.78, 5) is 8.51. The Morgan fingerprint density at radius 2 is 2.00 bits per heavy atom. The predicted octanol–water partition coefficient (Wildman–Crippen LogP) is 3.39. The van der Waals surface area contributed by atoms with E-state index < -0.39 is 0 Å². The molecule has 0 aliphatic rings. The number of hydrogen-bond acceptors (Lipinski definition) is 3. The summed E-state index contributed by atoms with van der Waals surface area (Å²) in [6.07, 6.45) is 8.71. The van der Waals surface area contributed by atoms with Gasteiger partial charge in [-0.3, -0.25) is 9.97 Å². The van der Waals surface area contributed by atoms with E-state index in [2.05, 4.69) is 56.3 Å². The maximum absolute atomic E-state index is 4.46. The van der Waals surface area contributed by atoms with Crippen LogP contribution < -0.4 is 5.32 Å². The van der Waals surface area contributed by atoms with Gasteiger partial charge >= 0.3 is 0 Å². The molecule has 2 aromatic heterocycles. The second-order valence-corrected chi connectivity index (χ2v) is 5.74. The van der Waals surface area contributed by atoms with Crippen molar-refractivity contribution in [2.75, 3.05) is 6.54 Å². The number of aryl methyl sites for hydroxylation is 1. The predicted molar refractivity (Wildman–Crippen MR) is 85.7 cm³/mol. The zero-order chi connectivity index (χ0) is 14.2. The SMILES string of the molecule is CCNC(CCc1ccncc1)Cc1ccc(Br)cn1. The van der Waals surface area contributed by atoms with Crippen LogP contribution >= 0.6 is 15.9 Å². The zero-order valence-corrected chi connectivity index (χ0v) is 13.3. The van der Waals surface area contributed by atoms with E-state index in [0.29, 0.717) is 6.04 Å². The summed E-state index contributed by atoms with van der Waals surface area (Å²) in [5.41, 5.74) is 2.47. The molecule has 0 saturated carbocycles. The summed E-state index contributed by atoms with van der Waals surface area (Å²) in [6.45, 7) is 3.13. The van der Waals surface area contributed by atoms with Crippen LogP contribution in [0.3, 0.4) is 0 Å². The van der Waals surface area contributed by atoms with Crippen LogP contribution in [0.25, 0.3) is 0 Å². The Hall–Kier alpha value is -1.26. The van der Waals surface area contributed by atoms with E-state index in [1.165, 1.54) is 5.56 Å². The van der Waals surface area contributed by atoms with E-state index >= 15 is 0 Å². The second kappa shape index (κ2) is 8.12. The maximum atomic E-state index is 4.46. The number of nitrogens with zero attached hydrogens (tertiary/aromatic N) is 2. The molecule has 0 saturated heterocycles. The lowest BCUT2D eigenvalue weighted by atomic mass is 10.0. The molecule has 0 amide bonds. The first-order valence-electron chi connectivity index (χ1n) is 7.00. The third kappa shape index (κ3) is 5.02. The van der Waals surface area contributed by atoms with Crippen molar-refractivity contribution in [2.45, 2.75) is 32.2 Å². The van der Waals surface area contributed by atoms with Crippen molar-refractivity contribution in [3.63, 3.8) is 0 Å². The molecule has 0 radical (unpaired) electrons. The minimum Gasteiger partial charge on any atom is -0.314 e. The minimum atomic E-state index is 0.460. The van der Waals surface area contributed by atoms with Gasteiger partial charge in [0.15, 0.2) is 0 Å². The van der Waals surface area contributed by atoms with Gasteiger partial charge in [-0.25, -0.2) is 0 Å². The number of nitrogens with one attached hydrogen (secondary N) is 1. The van der Waals surface area contributed by atoms with E-state index in [9.17, 15) is 0 Å². The van der Waals surface area contributed by atoms with Crippen molar-refractivity contribution < 1.29 is 0 Å². The fourth-order valence-corrected chi connectivity index (χ4v) is 2.47. The van der Waals surface area contributed by atoms with Gasteiger partial charge in [0.05, 0.1) is 0 Å². The van der Waals surface area contributed by atoms with Gasteiger partial charge in [-0.2, -0.15) is 0 Å². The Morgan fingerprint density at radius 3 is 2.65 bits per heavy atom. The molecule has 0 spiro atoms. The summed E-state index contributed by atoms with van der Waals surface area (Å²) < 4.78 is 1.03. The lowest BCUT2D eigenvalue weighted by Gasteiger charge is -2.17. The van der Waals surface area contributed by atoms with Crippen LogP contribution in [0.4, 0.5) is 0 Å². The summed E-state index contributed by atoms with van der Waals surface area (Å²) in [5, 5.41) is 3.55. The normalized spacial score (nSPS) is 12.3. The van der Waals surface area contributed by atoms with Gasteiger partial charge in [-0.15, -0.1) is 0 Å². The average molecular weight is 334 g/mol. The first-order chi connectivity index (χ1) is 9.78. The quantitative estimate of drug-likeness (QED) is 0.843. The number of aromatic nitrogens is 2. The van der Waals surface area contributed by atoms with E-state index in [1.807, 2.05) is 24.7 Å². The van der Waals surface area contributed by atoms with Crippen LogP contribution in [0.2, 0.25) is 0 Å². The highest BCUT2D eigenvalue weighted by molar-refractivity contribution is 9.10. The molecule has 2 aromatic rings. The Kier molecular flexibility index (Phi) is 6.15. The second-order valence-electron chi connectivity index (χ2n) is 4.82. The topological polar surface area (TPSA) is 37.8 Å². The molecule has 1 unspecified atom stereocenters. The van der Waals surface area contributed by atoms with E-state index in [-0.39, 0.29) is 0 Å². The lowest BCUT2D eigenvalue weighted by molar-refractivity contribution is 0.487. The molecule has 0 aliphatic heterocycles. The number of pyridine rings is 2. The molecule has 2 heterocycles. The lowest BCUT2D eigenvalue weighted by Crippen LogP contribution is -2.31. The first-order valence-corrected chi connectivity index (χ1v) is 7.80. The molecule has 0 fully saturated rings. The van der Waals surface area contributed by atoms with Crippen LogP contribution in [0.5, 0.6) is 0 Å². The number of rotatable bonds is 7. The minimum absolute atomic E-state index is 0.460. The summed E-state index contributed by atoms with van der Waals surface area (Å²) >= 11 is 3.42. The Morgan fingerprint density at radius 1 is 1.20 bits per heavy atom. The fourth-order valence-electron chi connectivity index (χ4n) is 2.23. The first kappa shape index (κ1) is 15.1. The van der Waals surface area contributed by atoms with Gasteiger partial charge in [-0.05, 0) is 65.1 Å². The molecule has 0 aromatic carbocycles. The van der Waals surface area contributed by atoms with Crippen molar-refractivity contribution in [3.05, 3.63) is 58.6 Å². The third-order valence-corrected chi connectivity index (χ3v) is 3.74. The van der Waals surface area contributed by atoms with Crippen LogP contribution in [0.15, 0.2) is 47.3 Å². The molecule has 1 atom stereocenters. The van der Waals surface area contributed by atoms with Crippen LogP contribution in [0, 0.1) is 0 Å². The van der Waals surface area contributed by atoms with Gasteiger partial charge in [0.25, 0.3) is 0 Å². The molecule has 106 valence electrons. The van der Waals surface area contributed by atoms with Gasteiger partial charge in [0.1, 0.15) is 0 Å². The summed E-state index contributed by atoms with van der Waals surface area (Å²) in [6, 6.07) is 8.76. The van der Waals surface area contributed by atoms with Crippen molar-refractivity contribution in [2.24, 2.45) is 0 Å². The van der Waals surface area contributed by atoms with E-state index in [0.717, 1.165) is 36.0 Å². The zero-order valence-electron chi connectivity index (χ0n) is 11.7. The van der Waals surface area contributed by atoms with Gasteiger partial charge in [0, 0.05) is 41.2 Å². The van der Waals surface area contributed by atoms with Crippen LogP contribution in [0.1, 0.15) is 24.6 Å². The molecule has 2 rings (SSSR count). The Bertz CT molecular complexity index is 499. The standard InChI is InChI=1S/C16H20BrN3/c1-2-19-15(5-3-13-7-9-18-10-8-13)11-16-6-4-14(17)12-20-16/h4,6-10,12,15,19H,2-3,5,11H2,1H3. The van der Waals surface area contributed by atoms with E-state index in [1.54, 1.807) is 0 Å². The molecule has 3 nitrogen and oxygen atoms in total. The largest absolute Gasteiger partial charge is 0.314 e. The number of likely N-dealkylation sites (N-methyl/N-ethyl adjacent to an activating group) is 1. The highest BCUT2D eigenvalue weighted by atomic mass is 79.9. The number of hydrogen-bond donors (Lipinski definition) is 1. The van der Waals surface area contributed by atoms with Gasteiger partial charge < -0.3 is 5.32 Å². The molecular weight excluding hydrogens is 314 g/mol. The molecule has 20 heavy (non-hydrogen) atoms. The summed E-state index contributed by atoms with van der Waals surface area (Å²) in [7, 11) is 0. The molecular formula is C16H20BrN3. The van der Waals surface area contributed by atoms with Gasteiger partial charge in [-0.1, -0.05) is 6.92 Å². The van der Waals surface area contributed by atoms with Crippen LogP contribution in [-0.4, -0.2) is 22.6 Å². The maximum Gasteiger partial charge on any atom is 0.0419 e. The van der Waals surface area contributed by atoms with Crippen molar-refractivity contribution >= 4 is 15.9 Å². The van der Waals surface area contributed by atoms with Crippen molar-refractivity contribution in [3.8, 4) is 0 Å². The van der Waals surface area contributed by atoms with Crippen LogP contribution in [-0.2, 0) is 12.8 Å². The molecule has 1 N–H and O–H groups in total. The fraction of sp³-hybridized carbons (Fsp3) is 0.375. The average Bonchev–Trinajstić information content (AvgIpc) is 2.48. The highest BCUT2D eigenvalue weighted by Crippen LogP contribution is 2.11. The molecule has 0 aliphatic carbocycles. The molecule has 4 heteroatoms. The van der Waals surface area contributed by atoms with Crippen molar-refractivity contribution in [1.29, 1.82) is 0 Å². The molecule has 0 bridgehead atoms. The summed E-state index contributed by atoms with van der Waals surface area (Å²) in [5.74, 6) is 0. The smallest absolute Gasteiger partial charge is 0.0419 e. The highest BCUT2D eigenvalue weighted by Gasteiger charge is 2.09. The Balaban J connectivity index is 1.91. The number of halogens is 1.